The Kier molecular flexibility index (Phi) is 5.41. The number of likely N-dealkylation sites (tertiary alicyclic amines) is 1. The summed E-state index contributed by atoms with van der Waals surface area (Å²) in [5.74, 6) is 2.41. The molecule has 5 heteroatoms. The van der Waals surface area contributed by atoms with Gasteiger partial charge in [-0.3, -0.25) is 9.80 Å². The Morgan fingerprint density at radius 2 is 1.70 bits per heavy atom. The number of methoxy groups -OCH3 is 2. The molecule has 2 aliphatic heterocycles. The van der Waals surface area contributed by atoms with E-state index in [4.69, 9.17) is 14.2 Å². The second kappa shape index (κ2) is 7.51. The molecule has 0 saturated carbocycles. The van der Waals surface area contributed by atoms with Crippen molar-refractivity contribution in [3.05, 3.63) is 23.8 Å². The molecule has 0 N–H and O–H groups in total. The molecule has 2 atom stereocenters. The van der Waals surface area contributed by atoms with Gasteiger partial charge in [0.25, 0.3) is 0 Å². The lowest BCUT2D eigenvalue weighted by atomic mass is 10.0. The van der Waals surface area contributed by atoms with Gasteiger partial charge in [-0.15, -0.1) is 0 Å². The number of ether oxygens (including phenoxy) is 3. The lowest BCUT2D eigenvalue weighted by molar-refractivity contribution is 0.0118. The largest absolute Gasteiger partial charge is 0.497 e. The minimum absolute atomic E-state index is 0.645. The third-order valence-electron chi connectivity index (χ3n) is 4.98. The third kappa shape index (κ3) is 3.97. The van der Waals surface area contributed by atoms with E-state index in [2.05, 4.69) is 28.9 Å². The van der Waals surface area contributed by atoms with Gasteiger partial charge in [-0.05, 0) is 23.6 Å². The quantitative estimate of drug-likeness (QED) is 0.827. The minimum Gasteiger partial charge on any atom is -0.497 e. The fourth-order valence-electron chi connectivity index (χ4n) is 3.78. The molecule has 0 unspecified atom stereocenters. The van der Waals surface area contributed by atoms with Crippen molar-refractivity contribution in [1.29, 1.82) is 0 Å². The average Bonchev–Trinajstić information content (AvgIpc) is 2.95. The maximum absolute atomic E-state index is 5.48. The van der Waals surface area contributed by atoms with Crippen LogP contribution >= 0.6 is 0 Å². The van der Waals surface area contributed by atoms with Gasteiger partial charge in [0, 0.05) is 44.8 Å². The van der Waals surface area contributed by atoms with Crippen LogP contribution in [-0.4, -0.2) is 69.5 Å². The van der Waals surface area contributed by atoms with E-state index in [1.165, 1.54) is 5.56 Å². The maximum atomic E-state index is 5.48. The van der Waals surface area contributed by atoms with Gasteiger partial charge in [-0.2, -0.15) is 0 Å². The van der Waals surface area contributed by atoms with Crippen LogP contribution in [0.3, 0.4) is 0 Å². The minimum atomic E-state index is 0.645. The van der Waals surface area contributed by atoms with Crippen LogP contribution in [-0.2, 0) is 11.3 Å². The van der Waals surface area contributed by atoms with Gasteiger partial charge in [-0.25, -0.2) is 0 Å². The van der Waals surface area contributed by atoms with Crippen molar-refractivity contribution < 1.29 is 14.2 Å². The highest BCUT2D eigenvalue weighted by Crippen LogP contribution is 2.27. The van der Waals surface area contributed by atoms with Gasteiger partial charge in [0.05, 0.1) is 27.4 Å². The molecule has 23 heavy (non-hydrogen) atoms. The van der Waals surface area contributed by atoms with Gasteiger partial charge in [-0.1, -0.05) is 6.92 Å². The highest BCUT2D eigenvalue weighted by Gasteiger charge is 2.34. The monoisotopic (exact) mass is 320 g/mol. The highest BCUT2D eigenvalue weighted by atomic mass is 16.5. The average molecular weight is 320 g/mol. The van der Waals surface area contributed by atoms with Crippen LogP contribution in [0.15, 0.2) is 18.2 Å². The molecule has 1 aromatic carbocycles. The molecule has 0 bridgehead atoms. The molecule has 0 aromatic heterocycles. The number of rotatable bonds is 5. The van der Waals surface area contributed by atoms with E-state index in [0.29, 0.717) is 12.0 Å². The predicted octanol–water partition coefficient (Wildman–Crippen LogP) is 1.86. The van der Waals surface area contributed by atoms with E-state index >= 15 is 0 Å². The van der Waals surface area contributed by atoms with Crippen LogP contribution < -0.4 is 9.47 Å². The van der Waals surface area contributed by atoms with Crippen molar-refractivity contribution >= 4 is 0 Å². The number of benzene rings is 1. The van der Waals surface area contributed by atoms with Gasteiger partial charge >= 0.3 is 0 Å². The van der Waals surface area contributed by atoms with E-state index in [0.717, 1.165) is 57.4 Å². The summed E-state index contributed by atoms with van der Waals surface area (Å²) < 4.78 is 16.2. The zero-order valence-corrected chi connectivity index (χ0v) is 14.5. The Labute approximate surface area is 139 Å². The molecule has 2 saturated heterocycles. The van der Waals surface area contributed by atoms with Gasteiger partial charge in [0.2, 0.25) is 0 Å². The van der Waals surface area contributed by atoms with E-state index in [9.17, 15) is 0 Å². The molecule has 2 aliphatic rings. The summed E-state index contributed by atoms with van der Waals surface area (Å²) in [7, 11) is 3.40. The van der Waals surface area contributed by atoms with Crippen molar-refractivity contribution in [2.75, 3.05) is 53.6 Å². The summed E-state index contributed by atoms with van der Waals surface area (Å²) >= 11 is 0. The summed E-state index contributed by atoms with van der Waals surface area (Å²) in [5, 5.41) is 0. The lowest BCUT2D eigenvalue weighted by Gasteiger charge is -2.34. The Morgan fingerprint density at radius 3 is 2.30 bits per heavy atom. The Balaban J connectivity index is 1.64. The van der Waals surface area contributed by atoms with Crippen molar-refractivity contribution in [2.45, 2.75) is 19.5 Å². The predicted molar refractivity (Wildman–Crippen MR) is 90.2 cm³/mol. The molecule has 0 radical (unpaired) electrons. The van der Waals surface area contributed by atoms with E-state index in [1.54, 1.807) is 14.2 Å². The van der Waals surface area contributed by atoms with Crippen LogP contribution in [0.4, 0.5) is 0 Å². The van der Waals surface area contributed by atoms with Crippen molar-refractivity contribution in [3.8, 4) is 11.5 Å². The lowest BCUT2D eigenvalue weighted by Crippen LogP contribution is -2.46. The first-order valence-corrected chi connectivity index (χ1v) is 8.45. The summed E-state index contributed by atoms with van der Waals surface area (Å²) in [6, 6.07) is 6.78. The molecular weight excluding hydrogens is 292 g/mol. The zero-order chi connectivity index (χ0) is 16.2. The van der Waals surface area contributed by atoms with Crippen molar-refractivity contribution in [2.24, 2.45) is 5.92 Å². The first-order chi connectivity index (χ1) is 11.2. The molecule has 0 spiro atoms. The van der Waals surface area contributed by atoms with Crippen LogP contribution in [0.1, 0.15) is 12.5 Å². The summed E-state index contributed by atoms with van der Waals surface area (Å²) in [5.41, 5.74) is 1.25. The maximum Gasteiger partial charge on any atom is 0.122 e. The SMILES string of the molecule is COc1cc(CN2C[C@@H](C)[C@H](N3CCOCC3)C2)cc(OC)c1. The molecular formula is C18H28N2O3. The van der Waals surface area contributed by atoms with Crippen LogP contribution in [0.25, 0.3) is 0 Å². The van der Waals surface area contributed by atoms with Crippen molar-refractivity contribution in [3.63, 3.8) is 0 Å². The molecule has 1 aromatic rings. The second-order valence-electron chi connectivity index (χ2n) is 6.61. The Morgan fingerprint density at radius 1 is 1.04 bits per heavy atom. The number of nitrogens with zero attached hydrogens (tertiary/aromatic N) is 2. The number of morpholine rings is 1. The first-order valence-electron chi connectivity index (χ1n) is 8.45. The summed E-state index contributed by atoms with van der Waals surface area (Å²) in [4.78, 5) is 5.14. The Bertz CT molecular complexity index is 495. The van der Waals surface area contributed by atoms with Gasteiger partial charge < -0.3 is 14.2 Å². The molecule has 3 rings (SSSR count). The summed E-state index contributed by atoms with van der Waals surface area (Å²) in [6.07, 6.45) is 0. The van der Waals surface area contributed by atoms with Crippen LogP contribution in [0, 0.1) is 5.92 Å². The summed E-state index contributed by atoms with van der Waals surface area (Å²) in [6.45, 7) is 9.45. The molecule has 2 fully saturated rings. The number of hydrogen-bond donors (Lipinski definition) is 0. The molecule has 0 aliphatic carbocycles. The molecule has 2 heterocycles. The van der Waals surface area contributed by atoms with E-state index in [-0.39, 0.29) is 0 Å². The number of hydrogen-bond acceptors (Lipinski definition) is 5. The van der Waals surface area contributed by atoms with Gasteiger partial charge in [0.15, 0.2) is 0 Å². The molecule has 0 amide bonds. The normalized spacial score (nSPS) is 26.4. The van der Waals surface area contributed by atoms with E-state index < -0.39 is 0 Å². The smallest absolute Gasteiger partial charge is 0.122 e. The van der Waals surface area contributed by atoms with Crippen LogP contribution in [0.2, 0.25) is 0 Å². The van der Waals surface area contributed by atoms with E-state index in [1.807, 2.05) is 6.07 Å². The van der Waals surface area contributed by atoms with Gasteiger partial charge in [0.1, 0.15) is 11.5 Å². The topological polar surface area (TPSA) is 34.2 Å². The standard InChI is InChI=1S/C18H28N2O3/c1-14-11-19(13-18(14)20-4-6-23-7-5-20)12-15-8-16(21-2)10-17(9-15)22-3/h8-10,14,18H,4-7,11-13H2,1-3H3/t14-,18-/m1/s1. The van der Waals surface area contributed by atoms with Crippen LogP contribution in [0.5, 0.6) is 11.5 Å². The zero-order valence-electron chi connectivity index (χ0n) is 14.5. The molecule has 5 nitrogen and oxygen atoms in total. The highest BCUT2D eigenvalue weighted by molar-refractivity contribution is 5.38. The first kappa shape index (κ1) is 16.6. The Hall–Kier alpha value is -1.30. The third-order valence-corrected chi connectivity index (χ3v) is 4.98. The second-order valence-corrected chi connectivity index (χ2v) is 6.61. The van der Waals surface area contributed by atoms with Crippen molar-refractivity contribution in [1.82, 2.24) is 9.80 Å². The fourth-order valence-corrected chi connectivity index (χ4v) is 3.78. The molecule has 128 valence electrons. The fraction of sp³-hybridized carbons (Fsp3) is 0.667.